The predicted octanol–water partition coefficient (Wildman–Crippen LogP) is 2.63. The predicted molar refractivity (Wildman–Crippen MR) is 89.4 cm³/mol. The SMILES string of the molecule is NCC1CN(c2ccc(N3Cc4ccccc4C3)c(F)c2)C(=O)O1. The van der Waals surface area contributed by atoms with Gasteiger partial charge < -0.3 is 15.4 Å². The van der Waals surface area contributed by atoms with Crippen LogP contribution < -0.4 is 15.5 Å². The first kappa shape index (κ1) is 15.0. The number of fused-ring (bicyclic) bond motifs is 1. The second-order valence-corrected chi connectivity index (χ2v) is 6.11. The summed E-state index contributed by atoms with van der Waals surface area (Å²) in [6.45, 7) is 1.99. The second-order valence-electron chi connectivity index (χ2n) is 6.11. The van der Waals surface area contributed by atoms with Crippen LogP contribution in [0.2, 0.25) is 0 Å². The first-order chi connectivity index (χ1) is 11.7. The first-order valence-corrected chi connectivity index (χ1v) is 7.95. The molecule has 1 saturated heterocycles. The maximum atomic E-state index is 14.6. The van der Waals surface area contributed by atoms with Gasteiger partial charge in [-0.25, -0.2) is 9.18 Å². The van der Waals surface area contributed by atoms with Gasteiger partial charge in [-0.2, -0.15) is 0 Å². The fraction of sp³-hybridized carbons (Fsp3) is 0.278. The average Bonchev–Trinajstić information content (AvgIpc) is 3.17. The van der Waals surface area contributed by atoms with Gasteiger partial charge in [0, 0.05) is 19.6 Å². The Morgan fingerprint density at radius 3 is 2.46 bits per heavy atom. The van der Waals surface area contributed by atoms with Crippen molar-refractivity contribution in [2.75, 3.05) is 22.9 Å². The maximum Gasteiger partial charge on any atom is 0.414 e. The molecule has 0 aliphatic carbocycles. The summed E-state index contributed by atoms with van der Waals surface area (Å²) in [4.78, 5) is 15.3. The zero-order valence-corrected chi connectivity index (χ0v) is 13.1. The topological polar surface area (TPSA) is 58.8 Å². The van der Waals surface area contributed by atoms with Crippen LogP contribution in [0, 0.1) is 5.82 Å². The molecule has 5 nitrogen and oxygen atoms in total. The van der Waals surface area contributed by atoms with Crippen molar-refractivity contribution in [1.29, 1.82) is 0 Å². The number of rotatable bonds is 3. The Hall–Kier alpha value is -2.60. The summed E-state index contributed by atoms with van der Waals surface area (Å²) in [5.74, 6) is -0.343. The molecule has 1 fully saturated rings. The third-order valence-corrected chi connectivity index (χ3v) is 4.56. The van der Waals surface area contributed by atoms with Gasteiger partial charge in [-0.05, 0) is 29.3 Å². The van der Waals surface area contributed by atoms with Gasteiger partial charge in [0.25, 0.3) is 0 Å². The standard InChI is InChI=1S/C18H18FN3O2/c19-16-7-14(22-11-15(8-20)24-18(22)23)5-6-17(16)21-9-12-3-1-2-4-13(12)10-21/h1-7,15H,8-11,20H2. The summed E-state index contributed by atoms with van der Waals surface area (Å²) >= 11 is 0. The Balaban J connectivity index is 1.57. The highest BCUT2D eigenvalue weighted by atomic mass is 19.1. The van der Waals surface area contributed by atoms with Gasteiger partial charge >= 0.3 is 6.09 Å². The van der Waals surface area contributed by atoms with E-state index in [1.807, 2.05) is 17.0 Å². The minimum atomic E-state index is -0.480. The van der Waals surface area contributed by atoms with Gasteiger partial charge in [-0.15, -0.1) is 0 Å². The number of carbonyl (C=O) groups excluding carboxylic acids is 1. The molecule has 2 heterocycles. The Kier molecular flexibility index (Phi) is 3.61. The van der Waals surface area contributed by atoms with Crippen LogP contribution in [-0.4, -0.2) is 25.3 Å². The zero-order chi connectivity index (χ0) is 16.7. The molecule has 2 N–H and O–H groups in total. The number of amides is 1. The number of cyclic esters (lactones) is 1. The number of nitrogens with zero attached hydrogens (tertiary/aromatic N) is 2. The molecule has 2 aromatic carbocycles. The smallest absolute Gasteiger partial charge is 0.414 e. The van der Waals surface area contributed by atoms with E-state index < -0.39 is 6.09 Å². The van der Waals surface area contributed by atoms with Gasteiger partial charge in [0.15, 0.2) is 0 Å². The molecule has 0 spiro atoms. The molecule has 0 aromatic heterocycles. The number of halogens is 1. The van der Waals surface area contributed by atoms with Crippen molar-refractivity contribution in [1.82, 2.24) is 0 Å². The van der Waals surface area contributed by atoms with Crippen molar-refractivity contribution in [2.45, 2.75) is 19.2 Å². The van der Waals surface area contributed by atoms with E-state index in [1.54, 1.807) is 12.1 Å². The molecule has 6 heteroatoms. The Bertz CT molecular complexity index is 771. The molecule has 4 rings (SSSR count). The fourth-order valence-corrected chi connectivity index (χ4v) is 3.28. The largest absolute Gasteiger partial charge is 0.443 e. The number of nitrogens with two attached hydrogens (primary N) is 1. The zero-order valence-electron chi connectivity index (χ0n) is 13.1. The Labute approximate surface area is 139 Å². The molecular weight excluding hydrogens is 309 g/mol. The molecule has 0 radical (unpaired) electrons. The van der Waals surface area contributed by atoms with Crippen molar-refractivity contribution in [2.24, 2.45) is 5.73 Å². The third kappa shape index (κ3) is 2.49. The lowest BCUT2D eigenvalue weighted by Gasteiger charge is -2.20. The lowest BCUT2D eigenvalue weighted by atomic mass is 10.1. The minimum Gasteiger partial charge on any atom is -0.443 e. The highest BCUT2D eigenvalue weighted by molar-refractivity contribution is 5.90. The van der Waals surface area contributed by atoms with Crippen LogP contribution >= 0.6 is 0 Å². The van der Waals surface area contributed by atoms with Crippen molar-refractivity contribution < 1.29 is 13.9 Å². The van der Waals surface area contributed by atoms with Crippen molar-refractivity contribution >= 4 is 17.5 Å². The number of hydrogen-bond acceptors (Lipinski definition) is 4. The lowest BCUT2D eigenvalue weighted by Crippen LogP contribution is -2.27. The number of benzene rings is 2. The van der Waals surface area contributed by atoms with Crippen LogP contribution in [0.1, 0.15) is 11.1 Å². The molecule has 24 heavy (non-hydrogen) atoms. The monoisotopic (exact) mass is 327 g/mol. The second kappa shape index (κ2) is 5.79. The van der Waals surface area contributed by atoms with Crippen LogP contribution in [0.3, 0.4) is 0 Å². The molecule has 124 valence electrons. The van der Waals surface area contributed by atoms with E-state index in [4.69, 9.17) is 10.5 Å². The highest BCUT2D eigenvalue weighted by Crippen LogP contribution is 2.32. The molecule has 0 saturated carbocycles. The summed E-state index contributed by atoms with van der Waals surface area (Å²) in [5, 5.41) is 0. The van der Waals surface area contributed by atoms with Crippen molar-refractivity contribution in [3.63, 3.8) is 0 Å². The summed E-state index contributed by atoms with van der Waals surface area (Å²) in [6.07, 6.45) is -0.820. The molecular formula is C18H18FN3O2. The first-order valence-electron chi connectivity index (χ1n) is 7.95. The average molecular weight is 327 g/mol. The fourth-order valence-electron chi connectivity index (χ4n) is 3.28. The Morgan fingerprint density at radius 2 is 1.88 bits per heavy atom. The van der Waals surface area contributed by atoms with E-state index in [1.165, 1.54) is 22.1 Å². The van der Waals surface area contributed by atoms with Gasteiger partial charge in [0.1, 0.15) is 11.9 Å². The van der Waals surface area contributed by atoms with Crippen LogP contribution in [0.15, 0.2) is 42.5 Å². The minimum absolute atomic E-state index is 0.259. The maximum absolute atomic E-state index is 14.6. The quantitative estimate of drug-likeness (QED) is 0.941. The van der Waals surface area contributed by atoms with Gasteiger partial charge in [0.05, 0.1) is 17.9 Å². The van der Waals surface area contributed by atoms with Crippen molar-refractivity contribution in [3.8, 4) is 0 Å². The van der Waals surface area contributed by atoms with Gasteiger partial charge in [-0.1, -0.05) is 24.3 Å². The summed E-state index contributed by atoms with van der Waals surface area (Å²) in [6, 6.07) is 13.0. The van der Waals surface area contributed by atoms with Gasteiger partial charge in [-0.3, -0.25) is 4.90 Å². The lowest BCUT2D eigenvalue weighted by molar-refractivity contribution is 0.145. The number of ether oxygens (including phenoxy) is 1. The van der Waals surface area contributed by atoms with Crippen LogP contribution in [0.5, 0.6) is 0 Å². The molecule has 0 bridgehead atoms. The molecule has 2 aliphatic rings. The normalized spacial score (nSPS) is 19.6. The molecule has 2 aliphatic heterocycles. The van der Waals surface area contributed by atoms with E-state index in [0.29, 0.717) is 31.0 Å². The van der Waals surface area contributed by atoms with E-state index in [2.05, 4.69) is 12.1 Å². The third-order valence-electron chi connectivity index (χ3n) is 4.56. The number of anilines is 2. The van der Waals surface area contributed by atoms with Gasteiger partial charge in [0.2, 0.25) is 0 Å². The summed E-state index contributed by atoms with van der Waals surface area (Å²) in [5.41, 5.74) is 9.00. The molecule has 2 aromatic rings. The number of carbonyl (C=O) groups is 1. The molecule has 1 amide bonds. The Morgan fingerprint density at radius 1 is 1.17 bits per heavy atom. The van der Waals surface area contributed by atoms with Crippen LogP contribution in [-0.2, 0) is 17.8 Å². The van der Waals surface area contributed by atoms with Crippen LogP contribution in [0.25, 0.3) is 0 Å². The summed E-state index contributed by atoms with van der Waals surface area (Å²) < 4.78 is 19.8. The number of hydrogen-bond donors (Lipinski definition) is 1. The van der Waals surface area contributed by atoms with Crippen LogP contribution in [0.4, 0.5) is 20.6 Å². The van der Waals surface area contributed by atoms with E-state index in [9.17, 15) is 9.18 Å². The highest BCUT2D eigenvalue weighted by Gasteiger charge is 2.32. The molecule has 1 atom stereocenters. The van der Waals surface area contributed by atoms with E-state index in [-0.39, 0.29) is 18.5 Å². The molecule has 1 unspecified atom stereocenters. The van der Waals surface area contributed by atoms with E-state index in [0.717, 1.165) is 0 Å². The summed E-state index contributed by atoms with van der Waals surface area (Å²) in [7, 11) is 0. The van der Waals surface area contributed by atoms with E-state index >= 15 is 0 Å². The van der Waals surface area contributed by atoms with Crippen molar-refractivity contribution in [3.05, 3.63) is 59.4 Å².